The number of benzene rings is 1. The fourth-order valence-corrected chi connectivity index (χ4v) is 2.81. The number of hydrogen-bond donors (Lipinski definition) is 1. The standard InChI is InChI=1S/C15H22FNO2/c1-10(16)12-7-11(15(9-17)5-4-6-15)8-13(18-2)14(12)19-3/h7-8,10H,4-6,9,17H2,1-3H3. The summed E-state index contributed by atoms with van der Waals surface area (Å²) in [7, 11) is 3.11. The van der Waals surface area contributed by atoms with Crippen LogP contribution in [0.5, 0.6) is 11.5 Å². The number of alkyl halides is 1. The lowest BCUT2D eigenvalue weighted by Gasteiger charge is -2.42. The first-order chi connectivity index (χ1) is 9.07. The number of ether oxygens (including phenoxy) is 2. The molecule has 0 radical (unpaired) electrons. The molecule has 3 nitrogen and oxygen atoms in total. The third-order valence-corrected chi connectivity index (χ3v) is 4.25. The zero-order valence-electron chi connectivity index (χ0n) is 11.8. The number of rotatable bonds is 5. The Hall–Kier alpha value is -1.29. The maximum atomic E-state index is 13.8. The van der Waals surface area contributed by atoms with Crippen LogP contribution in [-0.2, 0) is 5.41 Å². The largest absolute Gasteiger partial charge is 0.493 e. The van der Waals surface area contributed by atoms with Crippen molar-refractivity contribution in [1.82, 2.24) is 0 Å². The van der Waals surface area contributed by atoms with Gasteiger partial charge in [-0.1, -0.05) is 6.42 Å². The quantitative estimate of drug-likeness (QED) is 0.891. The molecule has 1 unspecified atom stereocenters. The maximum Gasteiger partial charge on any atom is 0.166 e. The lowest BCUT2D eigenvalue weighted by atomic mass is 9.64. The van der Waals surface area contributed by atoms with Gasteiger partial charge >= 0.3 is 0 Å². The highest BCUT2D eigenvalue weighted by Crippen LogP contribution is 2.47. The first kappa shape index (κ1) is 14.1. The number of nitrogens with two attached hydrogens (primary N) is 1. The molecule has 0 saturated heterocycles. The zero-order chi connectivity index (χ0) is 14.0. The van der Waals surface area contributed by atoms with Gasteiger partial charge in [-0.2, -0.15) is 0 Å². The molecule has 0 aromatic heterocycles. The summed E-state index contributed by atoms with van der Waals surface area (Å²) in [6.07, 6.45) is 2.18. The fraction of sp³-hybridized carbons (Fsp3) is 0.600. The molecule has 1 aromatic carbocycles. The lowest BCUT2D eigenvalue weighted by Crippen LogP contribution is -2.41. The molecule has 19 heavy (non-hydrogen) atoms. The van der Waals surface area contributed by atoms with E-state index in [1.165, 1.54) is 20.5 Å². The summed E-state index contributed by atoms with van der Waals surface area (Å²) in [5, 5.41) is 0. The van der Waals surface area contributed by atoms with Gasteiger partial charge in [-0.05, 0) is 37.5 Å². The zero-order valence-corrected chi connectivity index (χ0v) is 11.8. The molecule has 1 aliphatic rings. The average Bonchev–Trinajstić information content (AvgIpc) is 2.36. The first-order valence-electron chi connectivity index (χ1n) is 6.68. The van der Waals surface area contributed by atoms with Gasteiger partial charge in [0.05, 0.1) is 14.2 Å². The van der Waals surface area contributed by atoms with Crippen molar-refractivity contribution in [2.45, 2.75) is 37.8 Å². The van der Waals surface area contributed by atoms with E-state index in [1.54, 1.807) is 7.11 Å². The van der Waals surface area contributed by atoms with E-state index in [0.717, 1.165) is 18.4 Å². The Morgan fingerprint density at radius 1 is 1.32 bits per heavy atom. The van der Waals surface area contributed by atoms with Gasteiger partial charge in [0, 0.05) is 17.5 Å². The SMILES string of the molecule is COc1cc(C2(CN)CCC2)cc(C(C)F)c1OC. The minimum Gasteiger partial charge on any atom is -0.493 e. The van der Waals surface area contributed by atoms with E-state index in [9.17, 15) is 4.39 Å². The van der Waals surface area contributed by atoms with Crippen LogP contribution in [0.2, 0.25) is 0 Å². The highest BCUT2D eigenvalue weighted by molar-refractivity contribution is 5.52. The second-order valence-corrected chi connectivity index (χ2v) is 5.25. The van der Waals surface area contributed by atoms with E-state index in [1.807, 2.05) is 12.1 Å². The summed E-state index contributed by atoms with van der Waals surface area (Å²) in [4.78, 5) is 0. The smallest absolute Gasteiger partial charge is 0.166 e. The third-order valence-electron chi connectivity index (χ3n) is 4.25. The summed E-state index contributed by atoms with van der Waals surface area (Å²) >= 11 is 0. The normalized spacial score (nSPS) is 18.6. The molecular weight excluding hydrogens is 245 g/mol. The topological polar surface area (TPSA) is 44.5 Å². The van der Waals surface area contributed by atoms with Crippen molar-refractivity contribution in [2.24, 2.45) is 5.73 Å². The second-order valence-electron chi connectivity index (χ2n) is 5.25. The van der Waals surface area contributed by atoms with Gasteiger partial charge in [0.15, 0.2) is 11.5 Å². The molecule has 2 N–H and O–H groups in total. The summed E-state index contributed by atoms with van der Waals surface area (Å²) in [5.41, 5.74) is 7.52. The Morgan fingerprint density at radius 3 is 2.37 bits per heavy atom. The van der Waals surface area contributed by atoms with Crippen molar-refractivity contribution < 1.29 is 13.9 Å². The van der Waals surface area contributed by atoms with E-state index in [0.29, 0.717) is 23.6 Å². The van der Waals surface area contributed by atoms with Crippen LogP contribution in [0.3, 0.4) is 0 Å². The van der Waals surface area contributed by atoms with Crippen molar-refractivity contribution in [1.29, 1.82) is 0 Å². The van der Waals surface area contributed by atoms with Gasteiger partial charge in [0.1, 0.15) is 6.17 Å². The Morgan fingerprint density at radius 2 is 2.00 bits per heavy atom. The summed E-state index contributed by atoms with van der Waals surface area (Å²) in [6, 6.07) is 3.83. The molecule has 2 rings (SSSR count). The molecule has 1 fully saturated rings. The van der Waals surface area contributed by atoms with Crippen molar-refractivity contribution in [2.75, 3.05) is 20.8 Å². The summed E-state index contributed by atoms with van der Waals surface area (Å²) in [6.45, 7) is 2.10. The van der Waals surface area contributed by atoms with Gasteiger partial charge in [-0.25, -0.2) is 4.39 Å². The van der Waals surface area contributed by atoms with Crippen LogP contribution >= 0.6 is 0 Å². The molecule has 1 aliphatic carbocycles. The van der Waals surface area contributed by atoms with Crippen LogP contribution in [0.15, 0.2) is 12.1 Å². The molecule has 0 amide bonds. The van der Waals surface area contributed by atoms with Crippen molar-refractivity contribution >= 4 is 0 Å². The van der Waals surface area contributed by atoms with E-state index < -0.39 is 6.17 Å². The van der Waals surface area contributed by atoms with E-state index in [2.05, 4.69) is 0 Å². The molecule has 1 saturated carbocycles. The van der Waals surface area contributed by atoms with Crippen molar-refractivity contribution in [3.8, 4) is 11.5 Å². The van der Waals surface area contributed by atoms with Crippen LogP contribution in [0.4, 0.5) is 4.39 Å². The highest BCUT2D eigenvalue weighted by atomic mass is 19.1. The van der Waals surface area contributed by atoms with E-state index in [-0.39, 0.29) is 5.41 Å². The van der Waals surface area contributed by atoms with Gasteiger partial charge in [-0.3, -0.25) is 0 Å². The van der Waals surface area contributed by atoms with Gasteiger partial charge in [0.25, 0.3) is 0 Å². The molecule has 106 valence electrons. The monoisotopic (exact) mass is 267 g/mol. The lowest BCUT2D eigenvalue weighted by molar-refractivity contribution is 0.250. The minimum atomic E-state index is -1.10. The van der Waals surface area contributed by atoms with Gasteiger partial charge in [0.2, 0.25) is 0 Å². The maximum absolute atomic E-state index is 13.8. The van der Waals surface area contributed by atoms with E-state index in [4.69, 9.17) is 15.2 Å². The predicted molar refractivity (Wildman–Crippen MR) is 73.7 cm³/mol. The van der Waals surface area contributed by atoms with Gasteiger partial charge in [-0.15, -0.1) is 0 Å². The van der Waals surface area contributed by atoms with Crippen LogP contribution < -0.4 is 15.2 Å². The number of hydrogen-bond acceptors (Lipinski definition) is 3. The van der Waals surface area contributed by atoms with E-state index >= 15 is 0 Å². The van der Waals surface area contributed by atoms with Gasteiger partial charge < -0.3 is 15.2 Å². The number of methoxy groups -OCH3 is 2. The Kier molecular flexibility index (Phi) is 3.99. The number of halogens is 1. The minimum absolute atomic E-state index is 0.0107. The molecule has 0 spiro atoms. The van der Waals surface area contributed by atoms with Crippen LogP contribution in [0.25, 0.3) is 0 Å². The summed E-state index contributed by atoms with van der Waals surface area (Å²) in [5.74, 6) is 1.06. The Labute approximate surface area is 113 Å². The first-order valence-corrected chi connectivity index (χ1v) is 6.68. The Bertz CT molecular complexity index is 450. The third kappa shape index (κ3) is 2.29. The predicted octanol–water partition coefficient (Wildman–Crippen LogP) is 3.11. The van der Waals surface area contributed by atoms with Crippen molar-refractivity contribution in [3.05, 3.63) is 23.3 Å². The molecule has 0 bridgehead atoms. The fourth-order valence-electron chi connectivity index (χ4n) is 2.81. The van der Waals surface area contributed by atoms with Crippen LogP contribution in [0.1, 0.15) is 43.5 Å². The Balaban J connectivity index is 2.54. The average molecular weight is 267 g/mol. The molecule has 1 atom stereocenters. The summed E-state index contributed by atoms with van der Waals surface area (Å²) < 4.78 is 24.5. The van der Waals surface area contributed by atoms with Crippen molar-refractivity contribution in [3.63, 3.8) is 0 Å². The molecule has 1 aromatic rings. The molecule has 0 aliphatic heterocycles. The van der Waals surface area contributed by atoms with Crippen LogP contribution in [-0.4, -0.2) is 20.8 Å². The second kappa shape index (κ2) is 5.37. The molecular formula is C15H22FNO2. The molecule has 0 heterocycles. The highest BCUT2D eigenvalue weighted by Gasteiger charge is 2.38. The van der Waals surface area contributed by atoms with Crippen LogP contribution in [0, 0.1) is 0 Å². The molecule has 4 heteroatoms.